The molecule has 1 fully saturated rings. The zero-order valence-electron chi connectivity index (χ0n) is 18.7. The second-order valence-electron chi connectivity index (χ2n) is 7.72. The van der Waals surface area contributed by atoms with Crippen LogP contribution in [0.3, 0.4) is 0 Å². The van der Waals surface area contributed by atoms with Crippen molar-refractivity contribution >= 4 is 51.5 Å². The van der Waals surface area contributed by atoms with E-state index in [-0.39, 0.29) is 24.3 Å². The number of nitrogens with one attached hydrogen (secondary N) is 3. The highest BCUT2D eigenvalue weighted by Gasteiger charge is 2.22. The number of benzene rings is 1. The molecule has 4 rings (SSSR count). The van der Waals surface area contributed by atoms with Gasteiger partial charge >= 0.3 is 6.03 Å². The molecule has 3 aromatic rings. The van der Waals surface area contributed by atoms with Crippen molar-refractivity contribution in [1.29, 1.82) is 0 Å². The van der Waals surface area contributed by atoms with E-state index in [4.69, 9.17) is 0 Å². The number of aromatic nitrogens is 2. The largest absolute Gasteiger partial charge is 0.353 e. The predicted octanol–water partition coefficient (Wildman–Crippen LogP) is 3.03. The smallest absolute Gasteiger partial charge is 0.323 e. The van der Waals surface area contributed by atoms with Crippen molar-refractivity contribution in [3.05, 3.63) is 59.7 Å². The number of carbonyl (C=O) groups excluding carboxylic acids is 3. The molecule has 11 heteroatoms. The average molecular weight is 480 g/mol. The first-order valence-corrected chi connectivity index (χ1v) is 11.7. The van der Waals surface area contributed by atoms with Gasteiger partial charge in [-0.3, -0.25) is 14.9 Å². The maximum Gasteiger partial charge on any atom is 0.323 e. The fourth-order valence-electron chi connectivity index (χ4n) is 3.54. The third-order valence-electron chi connectivity index (χ3n) is 5.11. The van der Waals surface area contributed by atoms with Crippen molar-refractivity contribution in [1.82, 2.24) is 14.9 Å². The number of anilines is 4. The normalized spacial score (nSPS) is 13.3. The van der Waals surface area contributed by atoms with E-state index in [2.05, 4.69) is 30.8 Å². The molecule has 0 aliphatic carbocycles. The molecule has 1 aromatic carbocycles. The summed E-state index contributed by atoms with van der Waals surface area (Å²) < 4.78 is 0. The Kier molecular flexibility index (Phi) is 7.33. The lowest BCUT2D eigenvalue weighted by Crippen LogP contribution is -2.50. The van der Waals surface area contributed by atoms with Crippen LogP contribution in [0.1, 0.15) is 12.6 Å². The average Bonchev–Trinajstić information content (AvgIpc) is 3.26. The van der Waals surface area contributed by atoms with Gasteiger partial charge in [-0.25, -0.2) is 14.8 Å². The fourth-order valence-corrected chi connectivity index (χ4v) is 4.24. The van der Waals surface area contributed by atoms with Crippen LogP contribution in [0.4, 0.5) is 27.1 Å². The monoisotopic (exact) mass is 479 g/mol. The summed E-state index contributed by atoms with van der Waals surface area (Å²) in [6, 6.07) is 12.5. The number of piperazine rings is 1. The van der Waals surface area contributed by atoms with E-state index in [9.17, 15) is 14.4 Å². The summed E-state index contributed by atoms with van der Waals surface area (Å²) in [7, 11) is 0. The van der Waals surface area contributed by atoms with Gasteiger partial charge in [0.1, 0.15) is 5.82 Å². The number of thiazole rings is 1. The van der Waals surface area contributed by atoms with Gasteiger partial charge in [0.05, 0.1) is 12.1 Å². The van der Waals surface area contributed by atoms with Gasteiger partial charge in [0.2, 0.25) is 11.8 Å². The van der Waals surface area contributed by atoms with E-state index in [1.165, 1.54) is 18.3 Å². The highest BCUT2D eigenvalue weighted by Crippen LogP contribution is 2.19. The molecule has 0 spiro atoms. The standard InChI is InChI=1S/C23H25N7O3S/c1-16(31)25-17-5-4-6-18(13-17)26-21(32)14-19-15-34-22(27-19)28-23(33)30-11-9-29(10-12-30)20-7-2-3-8-24-20/h2-8,13,15H,9-12,14H2,1H3,(H,25,31)(H,26,32)(H,27,28,33). The molecule has 0 saturated carbocycles. The van der Waals surface area contributed by atoms with Crippen molar-refractivity contribution in [3.63, 3.8) is 0 Å². The van der Waals surface area contributed by atoms with Gasteiger partial charge in [-0.05, 0) is 30.3 Å². The SMILES string of the molecule is CC(=O)Nc1cccc(NC(=O)Cc2csc(NC(=O)N3CCN(c4ccccn4)CC3)n2)c1. The number of hydrogen-bond donors (Lipinski definition) is 3. The van der Waals surface area contributed by atoms with E-state index < -0.39 is 0 Å². The zero-order chi connectivity index (χ0) is 23.9. The number of pyridine rings is 1. The van der Waals surface area contributed by atoms with Crippen LogP contribution in [-0.4, -0.2) is 58.9 Å². The van der Waals surface area contributed by atoms with E-state index in [0.29, 0.717) is 48.4 Å². The topological polar surface area (TPSA) is 120 Å². The van der Waals surface area contributed by atoms with Gasteiger partial charge in [0, 0.05) is 56.1 Å². The van der Waals surface area contributed by atoms with Crippen molar-refractivity contribution in [2.45, 2.75) is 13.3 Å². The summed E-state index contributed by atoms with van der Waals surface area (Å²) in [6.07, 6.45) is 1.83. The molecule has 34 heavy (non-hydrogen) atoms. The van der Waals surface area contributed by atoms with Gasteiger partial charge in [-0.15, -0.1) is 11.3 Å². The van der Waals surface area contributed by atoms with E-state index in [1.807, 2.05) is 18.2 Å². The van der Waals surface area contributed by atoms with E-state index in [1.54, 1.807) is 40.7 Å². The molecule has 4 amide bonds. The van der Waals surface area contributed by atoms with Crippen LogP contribution in [-0.2, 0) is 16.0 Å². The second kappa shape index (κ2) is 10.8. The molecule has 3 heterocycles. The summed E-state index contributed by atoms with van der Waals surface area (Å²) in [5.74, 6) is 0.483. The molecule has 1 aliphatic rings. The Morgan fingerprint density at radius 1 is 0.971 bits per heavy atom. The number of nitrogens with zero attached hydrogens (tertiary/aromatic N) is 4. The molecule has 0 bridgehead atoms. The van der Waals surface area contributed by atoms with Crippen molar-refractivity contribution in [2.75, 3.05) is 47.0 Å². The molecular weight excluding hydrogens is 454 g/mol. The molecule has 0 radical (unpaired) electrons. The molecule has 176 valence electrons. The highest BCUT2D eigenvalue weighted by atomic mass is 32.1. The van der Waals surface area contributed by atoms with Gasteiger partial charge in [0.15, 0.2) is 5.13 Å². The molecule has 10 nitrogen and oxygen atoms in total. The van der Waals surface area contributed by atoms with Gasteiger partial charge in [-0.1, -0.05) is 12.1 Å². The maximum absolute atomic E-state index is 12.6. The van der Waals surface area contributed by atoms with Gasteiger partial charge in [-0.2, -0.15) is 0 Å². The zero-order valence-corrected chi connectivity index (χ0v) is 19.5. The first-order valence-electron chi connectivity index (χ1n) is 10.8. The minimum absolute atomic E-state index is 0.0689. The lowest BCUT2D eigenvalue weighted by atomic mass is 10.2. The minimum atomic E-state index is -0.242. The lowest BCUT2D eigenvalue weighted by Gasteiger charge is -2.35. The molecule has 2 aromatic heterocycles. The van der Waals surface area contributed by atoms with Crippen LogP contribution in [0.15, 0.2) is 54.0 Å². The van der Waals surface area contributed by atoms with E-state index >= 15 is 0 Å². The van der Waals surface area contributed by atoms with Crippen LogP contribution in [0.5, 0.6) is 0 Å². The Balaban J connectivity index is 1.25. The summed E-state index contributed by atoms with van der Waals surface area (Å²) in [5, 5.41) is 10.5. The first-order chi connectivity index (χ1) is 16.5. The molecule has 3 N–H and O–H groups in total. The first kappa shape index (κ1) is 23.2. The van der Waals surface area contributed by atoms with Crippen molar-refractivity contribution < 1.29 is 14.4 Å². The highest BCUT2D eigenvalue weighted by molar-refractivity contribution is 7.13. The third-order valence-corrected chi connectivity index (χ3v) is 5.92. The molecule has 0 atom stereocenters. The minimum Gasteiger partial charge on any atom is -0.353 e. The fraction of sp³-hybridized carbons (Fsp3) is 0.261. The Morgan fingerprint density at radius 3 is 2.44 bits per heavy atom. The molecule has 1 saturated heterocycles. The summed E-state index contributed by atoms with van der Waals surface area (Å²) in [6.45, 7) is 4.00. The summed E-state index contributed by atoms with van der Waals surface area (Å²) >= 11 is 1.28. The third kappa shape index (κ3) is 6.29. The van der Waals surface area contributed by atoms with Gasteiger partial charge in [0.25, 0.3) is 0 Å². The predicted molar refractivity (Wildman–Crippen MR) is 132 cm³/mol. The van der Waals surface area contributed by atoms with Crippen LogP contribution in [0.25, 0.3) is 0 Å². The van der Waals surface area contributed by atoms with E-state index in [0.717, 1.165) is 5.82 Å². The Bertz CT molecular complexity index is 1160. The van der Waals surface area contributed by atoms with Gasteiger partial charge < -0.3 is 20.4 Å². The number of urea groups is 1. The van der Waals surface area contributed by atoms with Crippen molar-refractivity contribution in [3.8, 4) is 0 Å². The summed E-state index contributed by atoms with van der Waals surface area (Å²) in [4.78, 5) is 48.8. The number of amides is 4. The number of rotatable bonds is 6. The lowest BCUT2D eigenvalue weighted by molar-refractivity contribution is -0.116. The van der Waals surface area contributed by atoms with Crippen molar-refractivity contribution in [2.24, 2.45) is 0 Å². The second-order valence-corrected chi connectivity index (χ2v) is 8.58. The van der Waals surface area contributed by atoms with Crippen LogP contribution >= 0.6 is 11.3 Å². The van der Waals surface area contributed by atoms with Crippen LogP contribution < -0.4 is 20.9 Å². The summed E-state index contributed by atoms with van der Waals surface area (Å²) in [5.41, 5.74) is 1.74. The Labute approximate surface area is 201 Å². The maximum atomic E-state index is 12.6. The quantitative estimate of drug-likeness (QED) is 0.500. The van der Waals surface area contributed by atoms with Crippen LogP contribution in [0, 0.1) is 0 Å². The Hall–Kier alpha value is -3.99. The molecule has 0 unspecified atom stereocenters. The van der Waals surface area contributed by atoms with Crippen LogP contribution in [0.2, 0.25) is 0 Å². The Morgan fingerprint density at radius 2 is 1.74 bits per heavy atom. The number of carbonyl (C=O) groups is 3. The molecular formula is C23H25N7O3S. The number of hydrogen-bond acceptors (Lipinski definition) is 7. The molecule has 1 aliphatic heterocycles.